The second kappa shape index (κ2) is 14.7. The summed E-state index contributed by atoms with van der Waals surface area (Å²) in [4.78, 5) is 12.3. The summed E-state index contributed by atoms with van der Waals surface area (Å²) in [7, 11) is -3.22. The molecular formula is C26H44N6O2S. The number of hydrogen-bond acceptors (Lipinski definition) is 5. The zero-order valence-corrected chi connectivity index (χ0v) is 23.5. The lowest BCUT2D eigenvalue weighted by Gasteiger charge is -2.21. The summed E-state index contributed by atoms with van der Waals surface area (Å²) >= 11 is 0. The van der Waals surface area contributed by atoms with Gasteiger partial charge in [-0.2, -0.15) is 0 Å². The van der Waals surface area contributed by atoms with Gasteiger partial charge in [0.05, 0.1) is 11.9 Å². The van der Waals surface area contributed by atoms with E-state index in [-0.39, 0.29) is 5.92 Å². The fourth-order valence-corrected chi connectivity index (χ4v) is 4.37. The lowest BCUT2D eigenvalue weighted by molar-refractivity contribution is 0.393. The first kappa shape index (κ1) is 30.4. The molecule has 0 spiro atoms. The van der Waals surface area contributed by atoms with E-state index >= 15 is 0 Å². The number of nitrogens with zero attached hydrogens (tertiary/aromatic N) is 4. The summed E-state index contributed by atoms with van der Waals surface area (Å²) in [5.74, 6) is 1.30. The van der Waals surface area contributed by atoms with Crippen LogP contribution >= 0.6 is 0 Å². The van der Waals surface area contributed by atoms with Crippen LogP contribution in [-0.2, 0) is 10.0 Å². The lowest BCUT2D eigenvalue weighted by atomic mass is 10.1. The molecule has 0 saturated heterocycles. The normalized spacial score (nSPS) is 12.4. The number of nitrogen functional groups attached to an aromatic ring is 1. The van der Waals surface area contributed by atoms with Gasteiger partial charge in [0, 0.05) is 37.6 Å². The minimum Gasteiger partial charge on any atom is -0.382 e. The summed E-state index contributed by atoms with van der Waals surface area (Å²) in [5.41, 5.74) is 9.68. The Bertz CT molecular complexity index is 1160. The molecule has 0 radical (unpaired) electrons. The molecule has 1 unspecified atom stereocenters. The Hall–Kier alpha value is -2.65. The molecule has 196 valence electrons. The van der Waals surface area contributed by atoms with Crippen LogP contribution in [0.3, 0.4) is 0 Å². The number of imidazole rings is 1. The van der Waals surface area contributed by atoms with Crippen molar-refractivity contribution in [1.82, 2.24) is 23.7 Å². The van der Waals surface area contributed by atoms with Crippen molar-refractivity contribution < 1.29 is 8.42 Å². The molecule has 0 aliphatic carbocycles. The number of aromatic amines is 1. The Morgan fingerprint density at radius 3 is 2.31 bits per heavy atom. The molecule has 0 aliphatic rings. The molecule has 0 bridgehead atoms. The van der Waals surface area contributed by atoms with Gasteiger partial charge >= 0.3 is 0 Å². The summed E-state index contributed by atoms with van der Waals surface area (Å²) in [6.07, 6.45) is 13.4. The van der Waals surface area contributed by atoms with E-state index in [1.54, 1.807) is 6.20 Å². The second-order valence-electron chi connectivity index (χ2n) is 8.67. The van der Waals surface area contributed by atoms with E-state index < -0.39 is 10.0 Å². The van der Waals surface area contributed by atoms with Gasteiger partial charge in [0.1, 0.15) is 22.9 Å². The Balaban J connectivity index is 0.000000778. The Morgan fingerprint density at radius 1 is 1.20 bits per heavy atom. The van der Waals surface area contributed by atoms with Crippen LogP contribution in [0.15, 0.2) is 36.8 Å². The first-order valence-electron chi connectivity index (χ1n) is 12.4. The highest BCUT2D eigenvalue weighted by molar-refractivity contribution is 7.88. The van der Waals surface area contributed by atoms with Crippen LogP contribution in [0.5, 0.6) is 0 Å². The van der Waals surface area contributed by atoms with Crippen molar-refractivity contribution >= 4 is 21.4 Å². The fraction of sp³-hybridized carbons (Fsp3) is 0.538. The maximum Gasteiger partial charge on any atom is 0.211 e. The Morgan fingerprint density at radius 2 is 1.83 bits per heavy atom. The first-order valence-corrected chi connectivity index (χ1v) is 14.2. The molecule has 8 nitrogen and oxygen atoms in total. The van der Waals surface area contributed by atoms with Gasteiger partial charge in [-0.25, -0.2) is 22.7 Å². The molecule has 3 heterocycles. The van der Waals surface area contributed by atoms with Crippen LogP contribution in [0.2, 0.25) is 0 Å². The van der Waals surface area contributed by atoms with Gasteiger partial charge in [-0.3, -0.25) is 4.40 Å². The van der Waals surface area contributed by atoms with Crippen molar-refractivity contribution in [3.05, 3.63) is 48.2 Å². The number of H-pyrrole nitrogens is 1. The summed E-state index contributed by atoms with van der Waals surface area (Å²) in [5, 5.41) is 0. The van der Waals surface area contributed by atoms with Crippen LogP contribution in [-0.4, -0.2) is 51.4 Å². The Kier molecular flexibility index (Phi) is 12.7. The second-order valence-corrected chi connectivity index (χ2v) is 10.6. The standard InChI is InChI=1S/C19H28N6O2S.C4H8.C3H8/c1-5-8-24(28(4,26)27)9-6-14(3)19-23-16(15-11-13(2)12-22-15)17-18(20)21-7-10-25(17)19;1-3-4-2;1-3-2/h7,10-12,14,22H,5-6,8-9H2,1-4H3,(H2,20,21);3-4H,1-2H3;3H2,1-2H3/b;4-3-;. The number of aryl methyl sites for hydroxylation is 1. The van der Waals surface area contributed by atoms with Crippen LogP contribution in [0, 0.1) is 6.92 Å². The van der Waals surface area contributed by atoms with Crippen molar-refractivity contribution in [2.24, 2.45) is 0 Å². The molecule has 0 amide bonds. The van der Waals surface area contributed by atoms with E-state index in [1.807, 2.05) is 62.7 Å². The third-order valence-electron chi connectivity index (χ3n) is 5.22. The Labute approximate surface area is 211 Å². The smallest absolute Gasteiger partial charge is 0.211 e. The van der Waals surface area contributed by atoms with E-state index in [9.17, 15) is 8.42 Å². The summed E-state index contributed by atoms with van der Waals surface area (Å²) < 4.78 is 27.5. The third kappa shape index (κ3) is 8.81. The lowest BCUT2D eigenvalue weighted by Crippen LogP contribution is -2.32. The number of anilines is 1. The van der Waals surface area contributed by atoms with Crippen molar-refractivity contribution in [2.75, 3.05) is 25.1 Å². The predicted octanol–water partition coefficient (Wildman–Crippen LogP) is 5.78. The van der Waals surface area contributed by atoms with E-state index in [0.29, 0.717) is 25.3 Å². The highest BCUT2D eigenvalue weighted by Gasteiger charge is 2.22. The third-order valence-corrected chi connectivity index (χ3v) is 6.52. The van der Waals surface area contributed by atoms with Gasteiger partial charge in [0.25, 0.3) is 0 Å². The van der Waals surface area contributed by atoms with Crippen LogP contribution in [0.1, 0.15) is 78.1 Å². The minimum atomic E-state index is -3.22. The van der Waals surface area contributed by atoms with E-state index in [1.165, 1.54) is 17.0 Å². The summed E-state index contributed by atoms with van der Waals surface area (Å²) in [6.45, 7) is 15.3. The molecule has 3 aromatic heterocycles. The summed E-state index contributed by atoms with van der Waals surface area (Å²) in [6, 6.07) is 2.02. The minimum absolute atomic E-state index is 0.0419. The fourth-order valence-electron chi connectivity index (χ4n) is 3.42. The molecule has 3 N–H and O–H groups in total. The maximum absolute atomic E-state index is 12.0. The van der Waals surface area contributed by atoms with Gasteiger partial charge in [-0.15, -0.1) is 0 Å². The van der Waals surface area contributed by atoms with Gasteiger partial charge < -0.3 is 10.7 Å². The number of nitrogens with one attached hydrogen (secondary N) is 1. The quantitative estimate of drug-likeness (QED) is 0.378. The molecule has 35 heavy (non-hydrogen) atoms. The van der Waals surface area contributed by atoms with Crippen LogP contribution in [0.4, 0.5) is 5.82 Å². The topological polar surface area (TPSA) is 109 Å². The molecule has 0 aromatic carbocycles. The number of rotatable bonds is 8. The number of nitrogens with two attached hydrogens (primary N) is 1. The predicted molar refractivity (Wildman–Crippen MR) is 148 cm³/mol. The van der Waals surface area contributed by atoms with Gasteiger partial charge in [-0.1, -0.05) is 46.3 Å². The molecule has 1 atom stereocenters. The molecule has 0 saturated carbocycles. The van der Waals surface area contributed by atoms with Crippen LogP contribution < -0.4 is 5.73 Å². The molecule has 3 rings (SSSR count). The number of aromatic nitrogens is 4. The van der Waals surface area contributed by atoms with Crippen molar-refractivity contribution in [3.63, 3.8) is 0 Å². The van der Waals surface area contributed by atoms with Crippen molar-refractivity contribution in [3.8, 4) is 11.4 Å². The van der Waals surface area contributed by atoms with E-state index in [2.05, 4.69) is 30.7 Å². The molecule has 0 fully saturated rings. The van der Waals surface area contributed by atoms with Gasteiger partial charge in [0.2, 0.25) is 10.0 Å². The SMILES string of the molecule is C/C=C\C.CCC.CCCN(CCC(C)c1nc(-c2cc(C)c[nH]2)c2c(N)nccn12)S(C)(=O)=O. The number of fused-ring (bicyclic) bond motifs is 1. The zero-order valence-electron chi connectivity index (χ0n) is 22.7. The van der Waals surface area contributed by atoms with Gasteiger partial charge in [0.15, 0.2) is 0 Å². The molecular weight excluding hydrogens is 460 g/mol. The average Bonchev–Trinajstić information content (AvgIpc) is 3.41. The highest BCUT2D eigenvalue weighted by Crippen LogP contribution is 2.31. The van der Waals surface area contributed by atoms with Crippen LogP contribution in [0.25, 0.3) is 16.9 Å². The van der Waals surface area contributed by atoms with Crippen molar-refractivity contribution in [2.45, 2.75) is 73.6 Å². The van der Waals surface area contributed by atoms with E-state index in [4.69, 9.17) is 10.7 Å². The number of allylic oxidation sites excluding steroid dienone is 2. The maximum atomic E-state index is 12.0. The highest BCUT2D eigenvalue weighted by atomic mass is 32.2. The number of sulfonamides is 1. The number of hydrogen-bond donors (Lipinski definition) is 2. The van der Waals surface area contributed by atoms with E-state index in [0.717, 1.165) is 34.7 Å². The monoisotopic (exact) mass is 504 g/mol. The first-order chi connectivity index (χ1) is 16.5. The molecule has 3 aromatic rings. The largest absolute Gasteiger partial charge is 0.382 e. The van der Waals surface area contributed by atoms with Crippen molar-refractivity contribution in [1.29, 1.82) is 0 Å². The molecule has 0 aliphatic heterocycles. The molecule has 9 heteroatoms. The zero-order chi connectivity index (χ0) is 26.6. The van der Waals surface area contributed by atoms with Gasteiger partial charge in [-0.05, 0) is 45.2 Å². The average molecular weight is 505 g/mol.